The molecule has 0 radical (unpaired) electrons. The minimum atomic E-state index is 0.755. The summed E-state index contributed by atoms with van der Waals surface area (Å²) in [5, 5.41) is 2.15. The summed E-state index contributed by atoms with van der Waals surface area (Å²) in [6, 6.07) is 6.22. The molecule has 0 bridgehead atoms. The van der Waals surface area contributed by atoms with Crippen LogP contribution in [0, 0.1) is 11.8 Å². The van der Waals surface area contributed by atoms with Gasteiger partial charge in [0.2, 0.25) is 0 Å². The summed E-state index contributed by atoms with van der Waals surface area (Å²) in [7, 11) is 0. The number of piperazine rings is 1. The molecule has 0 spiro atoms. The van der Waals surface area contributed by atoms with Crippen LogP contribution in [0.25, 0.3) is 10.9 Å². The van der Waals surface area contributed by atoms with E-state index in [9.17, 15) is 0 Å². The zero-order chi connectivity index (χ0) is 24.8. The number of hydrogen-bond acceptors (Lipinski definition) is 4. The summed E-state index contributed by atoms with van der Waals surface area (Å²) in [5.74, 6) is 1.51. The first-order valence-corrected chi connectivity index (χ1v) is 14.4. The molecule has 5 nitrogen and oxygen atoms in total. The van der Waals surface area contributed by atoms with Gasteiger partial charge in [-0.15, -0.1) is 0 Å². The van der Waals surface area contributed by atoms with Crippen molar-refractivity contribution in [2.45, 2.75) is 53.5 Å². The van der Waals surface area contributed by atoms with Crippen LogP contribution in [0.5, 0.6) is 0 Å². The fourth-order valence-electron chi connectivity index (χ4n) is 6.02. The maximum atomic E-state index is 6.23. The number of aromatic nitrogens is 1. The topological polar surface area (TPSA) is 28.8 Å². The van der Waals surface area contributed by atoms with Gasteiger partial charge in [0.25, 0.3) is 0 Å². The summed E-state index contributed by atoms with van der Waals surface area (Å²) in [4.78, 5) is 14.3. The first kappa shape index (κ1) is 26.9. The predicted octanol–water partition coefficient (Wildman–Crippen LogP) is 5.19. The van der Waals surface area contributed by atoms with Crippen LogP contribution in [-0.2, 0) is 13.0 Å². The molecule has 2 aromatic rings. The molecule has 35 heavy (non-hydrogen) atoms. The monoisotopic (exact) mass is 501 g/mol. The van der Waals surface area contributed by atoms with Crippen molar-refractivity contribution in [2.75, 3.05) is 72.0 Å². The lowest BCUT2D eigenvalue weighted by Gasteiger charge is -2.36. The lowest BCUT2D eigenvalue weighted by Crippen LogP contribution is -2.47. The van der Waals surface area contributed by atoms with E-state index in [2.05, 4.69) is 64.4 Å². The van der Waals surface area contributed by atoms with E-state index >= 15 is 0 Å². The SMILES string of the molecule is CC(C)CN(CCCN1CCN(CCCN2CCc3c([nH]c4ccc(Cl)cc34)C2)CC1)CC(C)C. The van der Waals surface area contributed by atoms with Gasteiger partial charge in [-0.2, -0.15) is 0 Å². The molecular weight excluding hydrogens is 454 g/mol. The second-order valence-electron chi connectivity index (χ2n) is 11.7. The molecule has 0 amide bonds. The zero-order valence-corrected chi connectivity index (χ0v) is 23.4. The van der Waals surface area contributed by atoms with Gasteiger partial charge in [-0.25, -0.2) is 0 Å². The Morgan fingerprint density at radius 1 is 0.857 bits per heavy atom. The Hall–Kier alpha value is -1.11. The van der Waals surface area contributed by atoms with Crippen molar-refractivity contribution in [1.82, 2.24) is 24.6 Å². The molecule has 6 heteroatoms. The predicted molar refractivity (Wildman–Crippen MR) is 151 cm³/mol. The van der Waals surface area contributed by atoms with Crippen LogP contribution in [0.4, 0.5) is 0 Å². The van der Waals surface area contributed by atoms with Gasteiger partial charge in [-0.3, -0.25) is 4.90 Å². The van der Waals surface area contributed by atoms with Gasteiger partial charge in [0.05, 0.1) is 0 Å². The van der Waals surface area contributed by atoms with Gasteiger partial charge in [-0.1, -0.05) is 39.3 Å². The maximum Gasteiger partial charge on any atom is 0.0460 e. The lowest BCUT2D eigenvalue weighted by molar-refractivity contribution is 0.118. The maximum absolute atomic E-state index is 6.23. The van der Waals surface area contributed by atoms with Crippen LogP contribution in [0.2, 0.25) is 5.02 Å². The summed E-state index contributed by atoms with van der Waals surface area (Å²) < 4.78 is 0. The second kappa shape index (κ2) is 12.9. The summed E-state index contributed by atoms with van der Waals surface area (Å²) in [6.45, 7) is 23.9. The smallest absolute Gasteiger partial charge is 0.0460 e. The van der Waals surface area contributed by atoms with Gasteiger partial charge in [-0.05, 0) is 81.0 Å². The molecule has 196 valence electrons. The van der Waals surface area contributed by atoms with Crippen molar-refractivity contribution < 1.29 is 0 Å². The molecule has 2 aliphatic rings. The molecule has 1 saturated heterocycles. The van der Waals surface area contributed by atoms with Crippen LogP contribution in [0.1, 0.15) is 51.8 Å². The van der Waals surface area contributed by atoms with E-state index in [-0.39, 0.29) is 0 Å². The van der Waals surface area contributed by atoms with Gasteiger partial charge < -0.3 is 19.7 Å². The molecule has 1 aromatic heterocycles. The van der Waals surface area contributed by atoms with Crippen molar-refractivity contribution in [3.8, 4) is 0 Å². The number of fused-ring (bicyclic) bond motifs is 3. The van der Waals surface area contributed by atoms with Crippen molar-refractivity contribution in [2.24, 2.45) is 11.8 Å². The van der Waals surface area contributed by atoms with Crippen molar-refractivity contribution >= 4 is 22.5 Å². The molecule has 4 rings (SSSR count). The molecular formula is C29H48ClN5. The summed E-state index contributed by atoms with van der Waals surface area (Å²) in [6.07, 6.45) is 3.69. The quantitative estimate of drug-likeness (QED) is 0.433. The van der Waals surface area contributed by atoms with Crippen LogP contribution >= 0.6 is 11.6 Å². The Morgan fingerprint density at radius 3 is 2.14 bits per heavy atom. The van der Waals surface area contributed by atoms with Crippen LogP contribution in [0.15, 0.2) is 18.2 Å². The van der Waals surface area contributed by atoms with E-state index in [1.807, 2.05) is 6.07 Å². The average Bonchev–Trinajstić information content (AvgIpc) is 3.16. The van der Waals surface area contributed by atoms with Crippen LogP contribution in [-0.4, -0.2) is 96.6 Å². The standard InChI is InChI=1S/C29H48ClN5/c1-23(2)20-35(21-24(3)4)13-6-11-33-17-15-32(16-18-33)10-5-12-34-14-9-26-27-19-25(30)7-8-28(27)31-29(26)22-34/h7-8,19,23-24,31H,5-6,9-18,20-22H2,1-4H3. The van der Waals surface area contributed by atoms with E-state index < -0.39 is 0 Å². The van der Waals surface area contributed by atoms with Crippen molar-refractivity contribution in [1.29, 1.82) is 0 Å². The Bertz CT molecular complexity index is 905. The highest BCUT2D eigenvalue weighted by Crippen LogP contribution is 2.29. The largest absolute Gasteiger partial charge is 0.357 e. The highest BCUT2D eigenvalue weighted by Gasteiger charge is 2.21. The number of H-pyrrole nitrogens is 1. The molecule has 0 saturated carbocycles. The second-order valence-corrected chi connectivity index (χ2v) is 12.2. The van der Waals surface area contributed by atoms with Gasteiger partial charge in [0, 0.05) is 74.0 Å². The fraction of sp³-hybridized carbons (Fsp3) is 0.724. The number of halogens is 1. The number of nitrogens with one attached hydrogen (secondary N) is 1. The molecule has 3 heterocycles. The highest BCUT2D eigenvalue weighted by molar-refractivity contribution is 6.31. The first-order chi connectivity index (χ1) is 16.9. The minimum absolute atomic E-state index is 0.755. The average molecular weight is 502 g/mol. The van der Waals surface area contributed by atoms with Gasteiger partial charge in [0.1, 0.15) is 0 Å². The lowest BCUT2D eigenvalue weighted by atomic mass is 10.0. The van der Waals surface area contributed by atoms with E-state index in [4.69, 9.17) is 11.6 Å². The third-order valence-electron chi connectivity index (χ3n) is 7.63. The molecule has 2 aliphatic heterocycles. The first-order valence-electron chi connectivity index (χ1n) is 14.1. The molecule has 1 fully saturated rings. The van der Waals surface area contributed by atoms with E-state index in [1.54, 1.807) is 0 Å². The third kappa shape index (κ3) is 7.93. The molecule has 0 atom stereocenters. The Morgan fingerprint density at radius 2 is 1.49 bits per heavy atom. The molecule has 1 N–H and O–H groups in total. The highest BCUT2D eigenvalue weighted by atomic mass is 35.5. The summed E-state index contributed by atoms with van der Waals surface area (Å²) in [5.41, 5.74) is 4.10. The van der Waals surface area contributed by atoms with Crippen molar-refractivity contribution in [3.05, 3.63) is 34.5 Å². The third-order valence-corrected chi connectivity index (χ3v) is 7.86. The van der Waals surface area contributed by atoms with Gasteiger partial charge >= 0.3 is 0 Å². The van der Waals surface area contributed by atoms with E-state index in [0.717, 1.165) is 36.4 Å². The Labute approximate surface area is 218 Å². The molecule has 0 aliphatic carbocycles. The molecule has 0 unspecified atom stereocenters. The fourth-order valence-corrected chi connectivity index (χ4v) is 6.19. The number of aromatic amines is 1. The Balaban J connectivity index is 1.11. The zero-order valence-electron chi connectivity index (χ0n) is 22.7. The minimum Gasteiger partial charge on any atom is -0.357 e. The number of nitrogens with zero attached hydrogens (tertiary/aromatic N) is 4. The van der Waals surface area contributed by atoms with E-state index in [0.29, 0.717) is 0 Å². The van der Waals surface area contributed by atoms with Gasteiger partial charge in [0.15, 0.2) is 0 Å². The molecule has 1 aromatic carbocycles. The van der Waals surface area contributed by atoms with Crippen LogP contribution in [0.3, 0.4) is 0 Å². The summed E-state index contributed by atoms with van der Waals surface area (Å²) >= 11 is 6.23. The van der Waals surface area contributed by atoms with Crippen molar-refractivity contribution in [3.63, 3.8) is 0 Å². The number of hydrogen-bond donors (Lipinski definition) is 1. The van der Waals surface area contributed by atoms with Crippen LogP contribution < -0.4 is 0 Å². The Kier molecular flexibility index (Phi) is 9.94. The normalized spacial score (nSPS) is 18.4. The number of benzene rings is 1. The van der Waals surface area contributed by atoms with E-state index in [1.165, 1.54) is 100 Å². The number of rotatable bonds is 12.